The quantitative estimate of drug-likeness (QED) is 0.605. The molecule has 142 valence electrons. The number of aryl methyl sites for hydroxylation is 1. The zero-order chi connectivity index (χ0) is 19.5. The van der Waals surface area contributed by atoms with Crippen LogP contribution in [0.4, 0.5) is 11.4 Å². The van der Waals surface area contributed by atoms with E-state index in [1.807, 2.05) is 66.4 Å². The first-order valence-electron chi connectivity index (χ1n) is 9.23. The Morgan fingerprint density at radius 1 is 0.964 bits per heavy atom. The molecule has 4 rings (SSSR count). The lowest BCUT2D eigenvalue weighted by molar-refractivity contribution is -0.134. The number of nitrogens with zero attached hydrogens (tertiary/aromatic N) is 1. The maximum atomic E-state index is 13.0. The fourth-order valence-electron chi connectivity index (χ4n) is 3.41. The molecule has 0 spiro atoms. The highest BCUT2D eigenvalue weighted by Crippen LogP contribution is 2.33. The Balaban J connectivity index is 1.56. The summed E-state index contributed by atoms with van der Waals surface area (Å²) in [4.78, 5) is 14.8. The molecule has 0 radical (unpaired) electrons. The number of rotatable bonds is 6. The Bertz CT molecular complexity index is 960. The first-order chi connectivity index (χ1) is 13.6. The zero-order valence-corrected chi connectivity index (χ0v) is 16.3. The van der Waals surface area contributed by atoms with Crippen LogP contribution >= 0.6 is 11.6 Å². The van der Waals surface area contributed by atoms with Crippen LogP contribution in [0.15, 0.2) is 78.9 Å². The second-order valence-corrected chi connectivity index (χ2v) is 7.24. The van der Waals surface area contributed by atoms with E-state index in [0.29, 0.717) is 17.3 Å². The largest absolute Gasteiger partial charge is 0.478 e. The monoisotopic (exact) mass is 392 g/mol. The van der Waals surface area contributed by atoms with Gasteiger partial charge < -0.3 is 10.1 Å². The average molecular weight is 393 g/mol. The van der Waals surface area contributed by atoms with Crippen LogP contribution in [0, 0.1) is 6.92 Å². The number of carbonyl (C=O) groups is 1. The SMILES string of the molecule is Cc1ccccc1N1C(=O)[C@@H](Oc2ccc(Cl)cc2)[C@H]1CNc1ccccc1. The van der Waals surface area contributed by atoms with Crippen molar-refractivity contribution in [1.82, 2.24) is 0 Å². The number of hydrogen-bond donors (Lipinski definition) is 1. The van der Waals surface area contributed by atoms with Crippen LogP contribution in [-0.4, -0.2) is 24.6 Å². The van der Waals surface area contributed by atoms with Crippen LogP contribution in [-0.2, 0) is 4.79 Å². The fraction of sp³-hybridized carbons (Fsp3) is 0.174. The Hall–Kier alpha value is -2.98. The summed E-state index contributed by atoms with van der Waals surface area (Å²) >= 11 is 5.95. The maximum absolute atomic E-state index is 13.0. The predicted molar refractivity (Wildman–Crippen MR) is 113 cm³/mol. The van der Waals surface area contributed by atoms with Crippen molar-refractivity contribution in [3.63, 3.8) is 0 Å². The van der Waals surface area contributed by atoms with E-state index in [4.69, 9.17) is 16.3 Å². The van der Waals surface area contributed by atoms with Gasteiger partial charge in [0, 0.05) is 22.9 Å². The molecule has 1 fully saturated rings. The molecule has 1 N–H and O–H groups in total. The van der Waals surface area contributed by atoms with Gasteiger partial charge in [-0.25, -0.2) is 0 Å². The van der Waals surface area contributed by atoms with Crippen LogP contribution in [0.25, 0.3) is 0 Å². The molecule has 3 aromatic rings. The number of para-hydroxylation sites is 2. The van der Waals surface area contributed by atoms with Crippen molar-refractivity contribution in [3.05, 3.63) is 89.4 Å². The molecule has 1 heterocycles. The molecule has 0 aliphatic carbocycles. The number of β-lactam (4-membered cyclic amide) rings is 1. The fourth-order valence-corrected chi connectivity index (χ4v) is 3.54. The maximum Gasteiger partial charge on any atom is 0.270 e. The summed E-state index contributed by atoms with van der Waals surface area (Å²) in [6, 6.07) is 24.8. The van der Waals surface area contributed by atoms with Gasteiger partial charge in [0.05, 0.1) is 0 Å². The number of halogens is 1. The van der Waals surface area contributed by atoms with Gasteiger partial charge in [-0.15, -0.1) is 0 Å². The third kappa shape index (κ3) is 3.69. The van der Waals surface area contributed by atoms with Gasteiger partial charge in [-0.1, -0.05) is 48.0 Å². The molecule has 1 aliphatic heterocycles. The molecule has 4 nitrogen and oxygen atoms in total. The highest BCUT2D eigenvalue weighted by Gasteiger charge is 2.50. The number of anilines is 2. The van der Waals surface area contributed by atoms with Crippen LogP contribution in [0.3, 0.4) is 0 Å². The average Bonchev–Trinajstić information content (AvgIpc) is 2.72. The van der Waals surface area contributed by atoms with Crippen LogP contribution in [0.1, 0.15) is 5.56 Å². The van der Waals surface area contributed by atoms with Crippen LogP contribution in [0.5, 0.6) is 5.75 Å². The lowest BCUT2D eigenvalue weighted by Crippen LogP contribution is -2.69. The summed E-state index contributed by atoms with van der Waals surface area (Å²) in [6.07, 6.45) is -0.544. The number of ether oxygens (including phenoxy) is 1. The molecule has 0 unspecified atom stereocenters. The van der Waals surface area contributed by atoms with Gasteiger partial charge in [-0.05, 0) is 55.0 Å². The first kappa shape index (κ1) is 18.4. The summed E-state index contributed by atoms with van der Waals surface area (Å²) in [5.41, 5.74) is 2.99. The Morgan fingerprint density at radius 3 is 2.36 bits per heavy atom. The minimum Gasteiger partial charge on any atom is -0.478 e. The van der Waals surface area contributed by atoms with Crippen molar-refractivity contribution >= 4 is 28.9 Å². The number of benzene rings is 3. The van der Waals surface area contributed by atoms with Gasteiger partial charge in [0.2, 0.25) is 0 Å². The lowest BCUT2D eigenvalue weighted by Gasteiger charge is -2.47. The molecule has 1 aliphatic rings. The standard InChI is InChI=1S/C23H21ClN2O2/c1-16-7-5-6-10-20(16)26-21(15-25-18-8-3-2-4-9-18)22(23(26)27)28-19-13-11-17(24)12-14-19/h2-14,21-22,25H,15H2,1H3/t21-,22+/m1/s1. The number of nitrogens with one attached hydrogen (secondary N) is 1. The topological polar surface area (TPSA) is 41.6 Å². The Kier molecular flexibility index (Phi) is 5.22. The van der Waals surface area contributed by atoms with Gasteiger partial charge in [0.15, 0.2) is 6.10 Å². The molecule has 5 heteroatoms. The summed E-state index contributed by atoms with van der Waals surface area (Å²) in [5, 5.41) is 4.05. The number of carbonyl (C=O) groups excluding carboxylic acids is 1. The molecule has 28 heavy (non-hydrogen) atoms. The van der Waals surface area contributed by atoms with E-state index < -0.39 is 6.10 Å². The highest BCUT2D eigenvalue weighted by atomic mass is 35.5. The van der Waals surface area contributed by atoms with E-state index in [0.717, 1.165) is 16.9 Å². The van der Waals surface area contributed by atoms with Gasteiger partial charge >= 0.3 is 0 Å². The third-order valence-corrected chi connectivity index (χ3v) is 5.15. The van der Waals surface area contributed by atoms with Crippen molar-refractivity contribution < 1.29 is 9.53 Å². The summed E-state index contributed by atoms with van der Waals surface area (Å²) in [7, 11) is 0. The molecule has 0 aromatic heterocycles. The van der Waals surface area contributed by atoms with Crippen molar-refractivity contribution in [2.45, 2.75) is 19.1 Å². The lowest BCUT2D eigenvalue weighted by atomic mass is 9.95. The molecule has 0 bridgehead atoms. The summed E-state index contributed by atoms with van der Waals surface area (Å²) in [5.74, 6) is 0.598. The number of amides is 1. The second kappa shape index (κ2) is 7.95. The van der Waals surface area contributed by atoms with Gasteiger partial charge in [-0.2, -0.15) is 0 Å². The van der Waals surface area contributed by atoms with Crippen molar-refractivity contribution in [2.24, 2.45) is 0 Å². The molecular formula is C23H21ClN2O2. The van der Waals surface area contributed by atoms with E-state index in [1.54, 1.807) is 24.3 Å². The molecule has 3 aromatic carbocycles. The van der Waals surface area contributed by atoms with Crippen molar-refractivity contribution in [1.29, 1.82) is 0 Å². The number of hydrogen-bond acceptors (Lipinski definition) is 3. The smallest absolute Gasteiger partial charge is 0.270 e. The molecule has 2 atom stereocenters. The highest BCUT2D eigenvalue weighted by molar-refractivity contribution is 6.30. The van der Waals surface area contributed by atoms with Gasteiger partial charge in [0.1, 0.15) is 11.8 Å². The van der Waals surface area contributed by atoms with E-state index in [9.17, 15) is 4.79 Å². The summed E-state index contributed by atoms with van der Waals surface area (Å²) in [6.45, 7) is 2.60. The van der Waals surface area contributed by atoms with E-state index in [1.165, 1.54) is 0 Å². The van der Waals surface area contributed by atoms with Crippen LogP contribution in [0.2, 0.25) is 5.02 Å². The zero-order valence-electron chi connectivity index (χ0n) is 15.5. The van der Waals surface area contributed by atoms with E-state index in [2.05, 4.69) is 5.32 Å². The van der Waals surface area contributed by atoms with E-state index in [-0.39, 0.29) is 11.9 Å². The summed E-state index contributed by atoms with van der Waals surface area (Å²) < 4.78 is 6.02. The molecule has 0 saturated carbocycles. The molecule has 1 amide bonds. The minimum atomic E-state index is -0.544. The molecule has 1 saturated heterocycles. The second-order valence-electron chi connectivity index (χ2n) is 6.80. The Labute approximate surface area is 169 Å². The van der Waals surface area contributed by atoms with Gasteiger partial charge in [0.25, 0.3) is 5.91 Å². The Morgan fingerprint density at radius 2 is 1.64 bits per heavy atom. The van der Waals surface area contributed by atoms with Crippen LogP contribution < -0.4 is 15.0 Å². The molecular weight excluding hydrogens is 372 g/mol. The first-order valence-corrected chi connectivity index (χ1v) is 9.61. The minimum absolute atomic E-state index is 0.0379. The third-order valence-electron chi connectivity index (χ3n) is 4.90. The van der Waals surface area contributed by atoms with Gasteiger partial charge in [-0.3, -0.25) is 9.69 Å². The van der Waals surface area contributed by atoms with Crippen molar-refractivity contribution in [3.8, 4) is 5.75 Å². The normalized spacial score (nSPS) is 18.5. The predicted octanol–water partition coefficient (Wildman–Crippen LogP) is 4.92. The van der Waals surface area contributed by atoms with Crippen molar-refractivity contribution in [2.75, 3.05) is 16.8 Å². The van der Waals surface area contributed by atoms with E-state index >= 15 is 0 Å².